The summed E-state index contributed by atoms with van der Waals surface area (Å²) in [4.78, 5) is 0. The number of aliphatic hydroxyl groups is 4. The molecule has 72 valence electrons. The summed E-state index contributed by atoms with van der Waals surface area (Å²) in [6.45, 7) is 1.95. The molecule has 0 spiro atoms. The van der Waals surface area contributed by atoms with E-state index in [1.165, 1.54) is 26.0 Å². The first-order valence-corrected chi connectivity index (χ1v) is 3.70. The Balaban J connectivity index is 4.23. The van der Waals surface area contributed by atoms with Gasteiger partial charge in [0.1, 0.15) is 11.2 Å². The van der Waals surface area contributed by atoms with Gasteiger partial charge in [-0.3, -0.25) is 0 Å². The molecule has 0 radical (unpaired) electrons. The average molecular weight is 176 g/mol. The molecule has 12 heavy (non-hydrogen) atoms. The van der Waals surface area contributed by atoms with E-state index in [0.29, 0.717) is 0 Å². The molecule has 0 aromatic carbocycles. The molecule has 4 N–H and O–H groups in total. The van der Waals surface area contributed by atoms with Gasteiger partial charge in [-0.25, -0.2) is 0 Å². The summed E-state index contributed by atoms with van der Waals surface area (Å²) in [7, 11) is 0. The van der Waals surface area contributed by atoms with Gasteiger partial charge < -0.3 is 20.4 Å². The van der Waals surface area contributed by atoms with Crippen molar-refractivity contribution in [3.05, 3.63) is 12.2 Å². The SMILES string of the molecule is CC(O)(C=CC(C)(O)CO)CO. The van der Waals surface area contributed by atoms with Gasteiger partial charge in [0.05, 0.1) is 13.2 Å². The molecule has 0 aromatic heterocycles. The topological polar surface area (TPSA) is 80.9 Å². The first kappa shape index (κ1) is 11.6. The number of hydrogen-bond acceptors (Lipinski definition) is 4. The molecule has 0 fully saturated rings. The Hall–Kier alpha value is -0.420. The minimum Gasteiger partial charge on any atom is -0.393 e. The third kappa shape index (κ3) is 4.46. The molecule has 4 heteroatoms. The molecular weight excluding hydrogens is 160 g/mol. The molecule has 0 heterocycles. The first-order valence-electron chi connectivity index (χ1n) is 3.70. The predicted octanol–water partition coefficient (Wildman–Crippen LogP) is -0.971. The van der Waals surface area contributed by atoms with E-state index >= 15 is 0 Å². The van der Waals surface area contributed by atoms with E-state index in [9.17, 15) is 10.2 Å². The summed E-state index contributed by atoms with van der Waals surface area (Å²) >= 11 is 0. The Morgan fingerprint density at radius 2 is 1.17 bits per heavy atom. The second-order valence-corrected chi connectivity index (χ2v) is 3.36. The third-order valence-corrected chi connectivity index (χ3v) is 1.44. The lowest BCUT2D eigenvalue weighted by Crippen LogP contribution is -2.30. The minimum atomic E-state index is -1.35. The molecular formula is C8H16O4. The van der Waals surface area contributed by atoms with Crippen molar-refractivity contribution in [1.29, 1.82) is 0 Å². The van der Waals surface area contributed by atoms with Gasteiger partial charge in [-0.05, 0) is 13.8 Å². The van der Waals surface area contributed by atoms with Crippen molar-refractivity contribution in [2.45, 2.75) is 25.0 Å². The molecule has 0 amide bonds. The zero-order valence-corrected chi connectivity index (χ0v) is 7.36. The second-order valence-electron chi connectivity index (χ2n) is 3.36. The number of hydrogen-bond donors (Lipinski definition) is 4. The van der Waals surface area contributed by atoms with Crippen LogP contribution in [0.5, 0.6) is 0 Å². The monoisotopic (exact) mass is 176 g/mol. The van der Waals surface area contributed by atoms with Crippen LogP contribution in [0.3, 0.4) is 0 Å². The Labute approximate surface area is 71.8 Å². The van der Waals surface area contributed by atoms with E-state index in [-0.39, 0.29) is 0 Å². The van der Waals surface area contributed by atoms with Crippen LogP contribution in [0, 0.1) is 0 Å². The summed E-state index contributed by atoms with van der Waals surface area (Å²) in [5.74, 6) is 0. The average Bonchev–Trinajstić information content (AvgIpc) is 2.02. The molecule has 0 aliphatic rings. The standard InChI is InChI=1S/C8H16O4/c1-7(11,5-9)3-4-8(2,12)6-10/h3-4,9-12H,5-6H2,1-2H3. The summed E-state index contributed by atoms with van der Waals surface area (Å²) < 4.78 is 0. The molecule has 4 nitrogen and oxygen atoms in total. The minimum absolute atomic E-state index is 0.426. The van der Waals surface area contributed by atoms with E-state index in [4.69, 9.17) is 10.2 Å². The lowest BCUT2D eigenvalue weighted by atomic mass is 10.0. The highest BCUT2D eigenvalue weighted by atomic mass is 16.3. The maximum atomic E-state index is 9.25. The van der Waals surface area contributed by atoms with Crippen LogP contribution in [-0.2, 0) is 0 Å². The van der Waals surface area contributed by atoms with Crippen molar-refractivity contribution < 1.29 is 20.4 Å². The summed E-state index contributed by atoms with van der Waals surface area (Å²) in [5.41, 5.74) is -2.70. The Kier molecular flexibility index (Phi) is 3.86. The van der Waals surface area contributed by atoms with Gasteiger partial charge >= 0.3 is 0 Å². The molecule has 2 atom stereocenters. The Morgan fingerprint density at radius 3 is 1.33 bits per heavy atom. The van der Waals surface area contributed by atoms with Gasteiger partial charge in [0.2, 0.25) is 0 Å². The smallest absolute Gasteiger partial charge is 0.103 e. The largest absolute Gasteiger partial charge is 0.393 e. The van der Waals surface area contributed by atoms with Crippen LogP contribution in [0.4, 0.5) is 0 Å². The highest BCUT2D eigenvalue weighted by Crippen LogP contribution is 2.09. The van der Waals surface area contributed by atoms with Gasteiger partial charge in [-0.2, -0.15) is 0 Å². The van der Waals surface area contributed by atoms with E-state index in [0.717, 1.165) is 0 Å². The number of aliphatic hydroxyl groups excluding tert-OH is 2. The van der Waals surface area contributed by atoms with Crippen LogP contribution < -0.4 is 0 Å². The predicted molar refractivity (Wildman–Crippen MR) is 44.6 cm³/mol. The van der Waals surface area contributed by atoms with Crippen molar-refractivity contribution in [3.8, 4) is 0 Å². The lowest BCUT2D eigenvalue weighted by Gasteiger charge is -2.19. The van der Waals surface area contributed by atoms with Crippen LogP contribution in [0.25, 0.3) is 0 Å². The highest BCUT2D eigenvalue weighted by Gasteiger charge is 2.19. The zero-order valence-electron chi connectivity index (χ0n) is 7.36. The van der Waals surface area contributed by atoms with Crippen LogP contribution in [0.2, 0.25) is 0 Å². The van der Waals surface area contributed by atoms with Crippen LogP contribution >= 0.6 is 0 Å². The zero-order chi connectivity index (χ0) is 9.83. The van der Waals surface area contributed by atoms with Crippen LogP contribution in [0.15, 0.2) is 12.2 Å². The fourth-order valence-electron chi connectivity index (χ4n) is 0.464. The van der Waals surface area contributed by atoms with Crippen molar-refractivity contribution in [2.75, 3.05) is 13.2 Å². The molecule has 0 rings (SSSR count). The molecule has 0 saturated carbocycles. The van der Waals surface area contributed by atoms with Gasteiger partial charge in [-0.1, -0.05) is 12.2 Å². The summed E-state index contributed by atoms with van der Waals surface area (Å²) in [6, 6.07) is 0. The molecule has 0 aliphatic heterocycles. The maximum absolute atomic E-state index is 9.25. The lowest BCUT2D eigenvalue weighted by molar-refractivity contribution is 0.0290. The summed E-state index contributed by atoms with van der Waals surface area (Å²) in [5, 5.41) is 35.7. The molecule has 0 aliphatic carbocycles. The molecule has 0 bridgehead atoms. The third-order valence-electron chi connectivity index (χ3n) is 1.44. The van der Waals surface area contributed by atoms with Gasteiger partial charge in [0.25, 0.3) is 0 Å². The van der Waals surface area contributed by atoms with Crippen molar-refractivity contribution in [2.24, 2.45) is 0 Å². The van der Waals surface area contributed by atoms with E-state index in [1.54, 1.807) is 0 Å². The van der Waals surface area contributed by atoms with E-state index in [2.05, 4.69) is 0 Å². The fourth-order valence-corrected chi connectivity index (χ4v) is 0.464. The Bertz CT molecular complexity index is 142. The maximum Gasteiger partial charge on any atom is 0.103 e. The highest BCUT2D eigenvalue weighted by molar-refractivity contribution is 5.06. The Morgan fingerprint density at radius 1 is 0.917 bits per heavy atom. The van der Waals surface area contributed by atoms with Crippen molar-refractivity contribution in [3.63, 3.8) is 0 Å². The summed E-state index contributed by atoms with van der Waals surface area (Å²) in [6.07, 6.45) is 2.51. The number of rotatable bonds is 4. The van der Waals surface area contributed by atoms with Gasteiger partial charge in [0.15, 0.2) is 0 Å². The van der Waals surface area contributed by atoms with Crippen molar-refractivity contribution in [1.82, 2.24) is 0 Å². The van der Waals surface area contributed by atoms with E-state index in [1.807, 2.05) is 0 Å². The second kappa shape index (κ2) is 4.00. The van der Waals surface area contributed by atoms with Gasteiger partial charge in [-0.15, -0.1) is 0 Å². The fraction of sp³-hybridized carbons (Fsp3) is 0.750. The molecule has 2 unspecified atom stereocenters. The van der Waals surface area contributed by atoms with Gasteiger partial charge in [0, 0.05) is 0 Å². The molecule has 0 saturated heterocycles. The first-order chi connectivity index (χ1) is 5.33. The quantitative estimate of drug-likeness (QED) is 0.415. The van der Waals surface area contributed by atoms with E-state index < -0.39 is 24.4 Å². The van der Waals surface area contributed by atoms with Crippen molar-refractivity contribution >= 4 is 0 Å². The van der Waals surface area contributed by atoms with Crippen LogP contribution in [-0.4, -0.2) is 44.8 Å². The normalized spacial score (nSPS) is 22.2. The van der Waals surface area contributed by atoms with Crippen LogP contribution in [0.1, 0.15) is 13.8 Å². The molecule has 0 aromatic rings.